The normalized spacial score (nSPS) is 14.1. The lowest BCUT2D eigenvalue weighted by molar-refractivity contribution is -0.124. The minimum absolute atomic E-state index is 0.210. The van der Waals surface area contributed by atoms with E-state index >= 15 is 0 Å². The van der Waals surface area contributed by atoms with E-state index in [0.29, 0.717) is 0 Å². The number of carbonyl (C=O) groups is 1. The molecule has 0 aliphatic carbocycles. The second-order valence-electron chi connectivity index (χ2n) is 4.56. The van der Waals surface area contributed by atoms with Crippen molar-refractivity contribution in [3.8, 4) is 5.75 Å². The first-order valence-corrected chi connectivity index (χ1v) is 5.57. The van der Waals surface area contributed by atoms with Crippen LogP contribution in [-0.2, 0) is 4.79 Å². The highest BCUT2D eigenvalue weighted by atomic mass is 16.5. The molecule has 0 fully saturated rings. The van der Waals surface area contributed by atoms with Crippen molar-refractivity contribution in [1.82, 2.24) is 5.32 Å². The fraction of sp³-hybridized carbons (Fsp3) is 0.462. The first kappa shape index (κ1) is 13.5. The van der Waals surface area contributed by atoms with E-state index in [0.717, 1.165) is 16.9 Å². The summed E-state index contributed by atoms with van der Waals surface area (Å²) in [5.41, 5.74) is 6.73. The summed E-state index contributed by atoms with van der Waals surface area (Å²) in [6.07, 6.45) is 0. The number of amides is 1. The maximum Gasteiger partial charge on any atom is 0.240 e. The van der Waals surface area contributed by atoms with Crippen molar-refractivity contribution in [2.75, 3.05) is 13.7 Å². The molecular formula is C13H20N2O2. The van der Waals surface area contributed by atoms with Crippen molar-refractivity contribution in [2.24, 2.45) is 5.73 Å². The summed E-state index contributed by atoms with van der Waals surface area (Å²) in [7, 11) is 1.69. The van der Waals surface area contributed by atoms with Crippen molar-refractivity contribution >= 4 is 5.91 Å². The van der Waals surface area contributed by atoms with Crippen LogP contribution in [0.5, 0.6) is 5.75 Å². The third-order valence-corrected chi connectivity index (χ3v) is 2.82. The molecule has 0 aromatic heterocycles. The lowest BCUT2D eigenvalue weighted by Gasteiger charge is -2.25. The van der Waals surface area contributed by atoms with E-state index in [1.807, 2.05) is 26.0 Å². The zero-order valence-electron chi connectivity index (χ0n) is 10.8. The Bertz CT molecular complexity index is 398. The SMILES string of the molecule is CNC(C)(COc1cc(C)cc(C)c1)C(N)=O. The number of aryl methyl sites for hydroxylation is 2. The highest BCUT2D eigenvalue weighted by Gasteiger charge is 2.29. The Morgan fingerprint density at radius 2 is 1.88 bits per heavy atom. The maximum absolute atomic E-state index is 11.3. The monoisotopic (exact) mass is 236 g/mol. The minimum atomic E-state index is -0.850. The zero-order valence-corrected chi connectivity index (χ0v) is 10.8. The molecule has 1 aromatic carbocycles. The third kappa shape index (κ3) is 3.46. The minimum Gasteiger partial charge on any atom is -0.491 e. The van der Waals surface area contributed by atoms with Gasteiger partial charge in [0.2, 0.25) is 5.91 Å². The molecule has 0 radical (unpaired) electrons. The van der Waals surface area contributed by atoms with Crippen LogP contribution in [-0.4, -0.2) is 25.1 Å². The second kappa shape index (κ2) is 5.19. The van der Waals surface area contributed by atoms with E-state index < -0.39 is 11.4 Å². The summed E-state index contributed by atoms with van der Waals surface area (Å²) in [4.78, 5) is 11.3. The molecule has 0 aliphatic heterocycles. The molecule has 4 nitrogen and oxygen atoms in total. The van der Waals surface area contributed by atoms with E-state index in [4.69, 9.17) is 10.5 Å². The fourth-order valence-electron chi connectivity index (χ4n) is 1.51. The summed E-state index contributed by atoms with van der Waals surface area (Å²) in [5, 5.41) is 2.88. The Morgan fingerprint density at radius 1 is 1.35 bits per heavy atom. The Balaban J connectivity index is 2.76. The van der Waals surface area contributed by atoms with Crippen LogP contribution in [0.4, 0.5) is 0 Å². The van der Waals surface area contributed by atoms with Crippen molar-refractivity contribution < 1.29 is 9.53 Å². The molecule has 3 N–H and O–H groups in total. The van der Waals surface area contributed by atoms with Crippen LogP contribution in [0.25, 0.3) is 0 Å². The summed E-state index contributed by atoms with van der Waals surface area (Å²) >= 11 is 0. The number of hydrogen-bond acceptors (Lipinski definition) is 3. The van der Waals surface area contributed by atoms with E-state index in [2.05, 4.69) is 11.4 Å². The molecule has 94 valence electrons. The highest BCUT2D eigenvalue weighted by molar-refractivity contribution is 5.84. The summed E-state index contributed by atoms with van der Waals surface area (Å²) in [5.74, 6) is 0.328. The molecule has 1 rings (SSSR count). The van der Waals surface area contributed by atoms with Gasteiger partial charge in [0.1, 0.15) is 17.9 Å². The predicted octanol–water partition coefficient (Wildman–Crippen LogP) is 1.15. The van der Waals surface area contributed by atoms with Crippen molar-refractivity contribution in [3.63, 3.8) is 0 Å². The van der Waals surface area contributed by atoms with Gasteiger partial charge in [-0.3, -0.25) is 4.79 Å². The van der Waals surface area contributed by atoms with Gasteiger partial charge in [0.25, 0.3) is 0 Å². The van der Waals surface area contributed by atoms with Crippen LogP contribution in [0.3, 0.4) is 0 Å². The molecule has 0 spiro atoms. The maximum atomic E-state index is 11.3. The average Bonchev–Trinajstić information content (AvgIpc) is 2.24. The van der Waals surface area contributed by atoms with Gasteiger partial charge >= 0.3 is 0 Å². The third-order valence-electron chi connectivity index (χ3n) is 2.82. The molecule has 0 aliphatic rings. The van der Waals surface area contributed by atoms with Gasteiger partial charge in [0.05, 0.1) is 0 Å². The molecule has 0 saturated carbocycles. The second-order valence-corrected chi connectivity index (χ2v) is 4.56. The average molecular weight is 236 g/mol. The van der Waals surface area contributed by atoms with Crippen LogP contribution in [0, 0.1) is 13.8 Å². The number of nitrogens with two attached hydrogens (primary N) is 1. The van der Waals surface area contributed by atoms with Gasteiger partial charge in [-0.15, -0.1) is 0 Å². The van der Waals surface area contributed by atoms with Gasteiger partial charge in [-0.1, -0.05) is 6.07 Å². The standard InChI is InChI=1S/C13H20N2O2/c1-9-5-10(2)7-11(6-9)17-8-13(3,15-4)12(14)16/h5-7,15H,8H2,1-4H3,(H2,14,16). The smallest absolute Gasteiger partial charge is 0.240 e. The van der Waals surface area contributed by atoms with Gasteiger partial charge in [-0.25, -0.2) is 0 Å². The van der Waals surface area contributed by atoms with Gasteiger partial charge in [0.15, 0.2) is 0 Å². The number of carbonyl (C=O) groups excluding carboxylic acids is 1. The van der Waals surface area contributed by atoms with E-state index in [1.165, 1.54) is 0 Å². The molecule has 1 unspecified atom stereocenters. The predicted molar refractivity (Wildman–Crippen MR) is 68.1 cm³/mol. The van der Waals surface area contributed by atoms with Crippen LogP contribution in [0.1, 0.15) is 18.1 Å². The fourth-order valence-corrected chi connectivity index (χ4v) is 1.51. The molecule has 0 heterocycles. The molecule has 0 saturated heterocycles. The summed E-state index contributed by atoms with van der Waals surface area (Å²) in [6, 6.07) is 5.94. The Kier molecular flexibility index (Phi) is 4.12. The molecule has 4 heteroatoms. The Hall–Kier alpha value is -1.55. The van der Waals surface area contributed by atoms with Crippen LogP contribution in [0.2, 0.25) is 0 Å². The molecular weight excluding hydrogens is 216 g/mol. The van der Waals surface area contributed by atoms with Crippen LogP contribution in [0.15, 0.2) is 18.2 Å². The lowest BCUT2D eigenvalue weighted by Crippen LogP contribution is -2.55. The quantitative estimate of drug-likeness (QED) is 0.806. The van der Waals surface area contributed by atoms with Gasteiger partial charge in [-0.2, -0.15) is 0 Å². The molecule has 1 amide bonds. The number of rotatable bonds is 5. The van der Waals surface area contributed by atoms with Gasteiger partial charge < -0.3 is 15.8 Å². The van der Waals surface area contributed by atoms with Crippen molar-refractivity contribution in [1.29, 1.82) is 0 Å². The summed E-state index contributed by atoms with van der Waals surface area (Å²) < 4.78 is 5.62. The lowest BCUT2D eigenvalue weighted by atomic mass is 10.0. The number of benzene rings is 1. The van der Waals surface area contributed by atoms with Gasteiger partial charge in [-0.05, 0) is 51.1 Å². The topological polar surface area (TPSA) is 64.3 Å². The first-order chi connectivity index (χ1) is 7.87. The Labute approximate surface area is 102 Å². The molecule has 1 atom stereocenters. The number of likely N-dealkylation sites (N-methyl/N-ethyl adjacent to an activating group) is 1. The number of primary amides is 1. The zero-order chi connectivity index (χ0) is 13.1. The molecule has 1 aromatic rings. The number of hydrogen-bond donors (Lipinski definition) is 2. The van der Waals surface area contributed by atoms with Crippen LogP contribution < -0.4 is 15.8 Å². The van der Waals surface area contributed by atoms with E-state index in [1.54, 1.807) is 14.0 Å². The van der Waals surface area contributed by atoms with Crippen molar-refractivity contribution in [3.05, 3.63) is 29.3 Å². The van der Waals surface area contributed by atoms with E-state index in [-0.39, 0.29) is 6.61 Å². The van der Waals surface area contributed by atoms with Crippen molar-refractivity contribution in [2.45, 2.75) is 26.3 Å². The van der Waals surface area contributed by atoms with Gasteiger partial charge in [0, 0.05) is 0 Å². The Morgan fingerprint density at radius 3 is 2.29 bits per heavy atom. The van der Waals surface area contributed by atoms with E-state index in [9.17, 15) is 4.79 Å². The largest absolute Gasteiger partial charge is 0.491 e. The number of nitrogens with one attached hydrogen (secondary N) is 1. The summed E-state index contributed by atoms with van der Waals surface area (Å²) in [6.45, 7) is 5.94. The molecule has 0 bridgehead atoms. The number of ether oxygens (including phenoxy) is 1. The molecule has 17 heavy (non-hydrogen) atoms. The first-order valence-electron chi connectivity index (χ1n) is 5.57. The van der Waals surface area contributed by atoms with Crippen LogP contribution >= 0.6 is 0 Å². The highest BCUT2D eigenvalue weighted by Crippen LogP contribution is 2.17.